The van der Waals surface area contributed by atoms with Crippen LogP contribution in [0, 0.1) is 0 Å². The SMILES string of the molecule is CCOc1nc2cccc(C(=O)O)c2n1Cc1ccc(-c2ccccc2-c2nn[nH]n2)cc1.[H-].[H-].[Na+].[Na+]. The van der Waals surface area contributed by atoms with Crippen molar-refractivity contribution in [3.05, 3.63) is 77.9 Å². The molecule has 35 heavy (non-hydrogen) atoms. The van der Waals surface area contributed by atoms with Crippen molar-refractivity contribution >= 4 is 17.0 Å². The van der Waals surface area contributed by atoms with Crippen molar-refractivity contribution in [2.75, 3.05) is 6.61 Å². The molecule has 5 rings (SSSR count). The largest absolute Gasteiger partial charge is 1.00 e. The summed E-state index contributed by atoms with van der Waals surface area (Å²) >= 11 is 0. The molecular formula is C24H22N6Na2O3. The molecule has 0 unspecified atom stereocenters. The van der Waals surface area contributed by atoms with Gasteiger partial charge in [0.1, 0.15) is 0 Å². The number of tetrazole rings is 1. The van der Waals surface area contributed by atoms with Crippen LogP contribution < -0.4 is 63.9 Å². The number of hydrogen-bond donors (Lipinski definition) is 2. The zero-order chi connectivity index (χ0) is 22.8. The van der Waals surface area contributed by atoms with Gasteiger partial charge in [0.25, 0.3) is 6.01 Å². The van der Waals surface area contributed by atoms with Gasteiger partial charge in [0, 0.05) is 5.56 Å². The summed E-state index contributed by atoms with van der Waals surface area (Å²) in [7, 11) is 0. The Morgan fingerprint density at radius 3 is 2.43 bits per heavy atom. The molecule has 0 aliphatic rings. The topological polar surface area (TPSA) is 119 Å². The number of benzene rings is 3. The van der Waals surface area contributed by atoms with Gasteiger partial charge in [-0.25, -0.2) is 4.79 Å². The number of rotatable bonds is 7. The molecule has 0 radical (unpaired) electrons. The van der Waals surface area contributed by atoms with Crippen molar-refractivity contribution in [1.29, 1.82) is 0 Å². The molecule has 2 heterocycles. The Hall–Kier alpha value is -2.53. The Labute approximate surface area is 248 Å². The number of aromatic carboxylic acids is 1. The fraction of sp³-hybridized carbons (Fsp3) is 0.125. The second kappa shape index (κ2) is 11.9. The van der Waals surface area contributed by atoms with Crippen molar-refractivity contribution in [3.8, 4) is 28.5 Å². The number of hydrogen-bond acceptors (Lipinski definition) is 6. The predicted molar refractivity (Wildman–Crippen MR) is 124 cm³/mol. The number of aromatic amines is 1. The molecule has 0 bridgehead atoms. The number of nitrogens with zero attached hydrogens (tertiary/aromatic N) is 5. The Morgan fingerprint density at radius 1 is 1.03 bits per heavy atom. The van der Waals surface area contributed by atoms with Crippen LogP contribution in [0.2, 0.25) is 0 Å². The third-order valence-electron chi connectivity index (χ3n) is 5.35. The monoisotopic (exact) mass is 488 g/mol. The quantitative estimate of drug-likeness (QED) is 0.261. The van der Waals surface area contributed by atoms with Crippen molar-refractivity contribution in [2.24, 2.45) is 0 Å². The molecule has 9 nitrogen and oxygen atoms in total. The maximum atomic E-state index is 11.8. The number of carboxylic acids is 1. The molecule has 0 amide bonds. The van der Waals surface area contributed by atoms with Crippen LogP contribution in [0.15, 0.2) is 66.7 Å². The van der Waals surface area contributed by atoms with Gasteiger partial charge in [0.2, 0.25) is 5.82 Å². The van der Waals surface area contributed by atoms with Gasteiger partial charge in [-0.3, -0.25) is 4.57 Å². The van der Waals surface area contributed by atoms with Gasteiger partial charge in [-0.15, -0.1) is 10.2 Å². The number of nitrogens with one attached hydrogen (secondary N) is 1. The Balaban J connectivity index is 0.00000171. The first-order valence-electron chi connectivity index (χ1n) is 10.4. The maximum Gasteiger partial charge on any atom is 1.00 e. The average Bonchev–Trinajstić information content (AvgIpc) is 3.49. The molecule has 5 aromatic rings. The van der Waals surface area contributed by atoms with Gasteiger partial charge >= 0.3 is 65.1 Å². The minimum absolute atomic E-state index is 0. The molecule has 2 aromatic heterocycles. The Bertz CT molecular complexity index is 1450. The van der Waals surface area contributed by atoms with Crippen molar-refractivity contribution in [1.82, 2.24) is 30.2 Å². The van der Waals surface area contributed by atoms with Gasteiger partial charge < -0.3 is 12.7 Å². The fourth-order valence-electron chi connectivity index (χ4n) is 3.90. The van der Waals surface area contributed by atoms with Gasteiger partial charge in [-0.1, -0.05) is 54.6 Å². The normalized spacial score (nSPS) is 10.4. The zero-order valence-corrected chi connectivity index (χ0v) is 23.8. The number of carboxylic acid groups (broad SMARTS) is 1. The van der Waals surface area contributed by atoms with Crippen LogP contribution in [0.25, 0.3) is 33.5 Å². The second-order valence-corrected chi connectivity index (χ2v) is 7.37. The molecule has 168 valence electrons. The first kappa shape index (κ1) is 27.1. The minimum atomic E-state index is -1.00. The van der Waals surface area contributed by atoms with Crippen LogP contribution in [-0.4, -0.2) is 47.9 Å². The molecule has 0 aliphatic carbocycles. The number of imidazole rings is 1. The maximum absolute atomic E-state index is 11.8. The van der Waals surface area contributed by atoms with E-state index in [9.17, 15) is 9.90 Å². The van der Waals surface area contributed by atoms with Gasteiger partial charge in [0.05, 0.1) is 29.7 Å². The van der Waals surface area contributed by atoms with Crippen LogP contribution in [0.4, 0.5) is 0 Å². The predicted octanol–water partition coefficient (Wildman–Crippen LogP) is -1.74. The van der Waals surface area contributed by atoms with Gasteiger partial charge in [-0.2, -0.15) is 10.2 Å². The first-order valence-corrected chi connectivity index (χ1v) is 10.4. The zero-order valence-electron chi connectivity index (χ0n) is 21.8. The van der Waals surface area contributed by atoms with Gasteiger partial charge in [0.15, 0.2) is 0 Å². The number of H-pyrrole nitrogens is 1. The summed E-state index contributed by atoms with van der Waals surface area (Å²) in [5.74, 6) is -0.472. The third-order valence-corrected chi connectivity index (χ3v) is 5.35. The molecule has 0 fully saturated rings. The third kappa shape index (κ3) is 5.50. The van der Waals surface area contributed by atoms with Crippen LogP contribution >= 0.6 is 0 Å². The standard InChI is InChI=1S/C24H20N6O3.2Na.2H/c1-2-33-24-25-20-9-5-8-19(23(31)32)21(20)30(24)14-15-10-12-16(13-11-15)17-6-3-4-7-18(17)22-26-28-29-27-22;;;;/h3-13H,2,14H2,1H3,(H,31,32)(H,26,27,28,29);;;;/q;2*+1;2*-1. The van der Waals surface area contributed by atoms with Crippen molar-refractivity contribution in [2.45, 2.75) is 13.5 Å². The summed E-state index contributed by atoms with van der Waals surface area (Å²) in [5, 5.41) is 24.0. The number of carbonyl (C=O) groups is 1. The average molecular weight is 488 g/mol. The van der Waals surface area contributed by atoms with E-state index < -0.39 is 5.97 Å². The van der Waals surface area contributed by atoms with Crippen molar-refractivity contribution in [3.63, 3.8) is 0 Å². The number of para-hydroxylation sites is 1. The summed E-state index contributed by atoms with van der Waals surface area (Å²) in [6.07, 6.45) is 0. The van der Waals surface area contributed by atoms with Gasteiger partial charge in [-0.05, 0) is 41.0 Å². The van der Waals surface area contributed by atoms with E-state index in [1.54, 1.807) is 18.2 Å². The van der Waals surface area contributed by atoms with Crippen LogP contribution in [0.5, 0.6) is 6.01 Å². The van der Waals surface area contributed by atoms with E-state index in [4.69, 9.17) is 4.74 Å². The smallest absolute Gasteiger partial charge is 1.00 e. The molecule has 0 aliphatic heterocycles. The van der Waals surface area contributed by atoms with E-state index in [-0.39, 0.29) is 67.5 Å². The molecule has 0 saturated heterocycles. The number of ether oxygens (including phenoxy) is 1. The Kier molecular flexibility index (Phi) is 9.23. The molecule has 0 atom stereocenters. The summed E-state index contributed by atoms with van der Waals surface area (Å²) < 4.78 is 7.53. The summed E-state index contributed by atoms with van der Waals surface area (Å²) in [5.41, 5.74) is 5.17. The van der Waals surface area contributed by atoms with E-state index in [0.29, 0.717) is 36.0 Å². The second-order valence-electron chi connectivity index (χ2n) is 7.37. The fourth-order valence-corrected chi connectivity index (χ4v) is 3.90. The molecule has 2 N–H and O–H groups in total. The van der Waals surface area contributed by atoms with Crippen LogP contribution in [0.3, 0.4) is 0 Å². The van der Waals surface area contributed by atoms with Crippen molar-refractivity contribution < 1.29 is 76.6 Å². The van der Waals surface area contributed by atoms with E-state index in [1.807, 2.05) is 60.0 Å². The molecule has 3 aromatic carbocycles. The molecule has 0 spiro atoms. The van der Waals surface area contributed by atoms with Crippen LogP contribution in [0.1, 0.15) is 25.7 Å². The van der Waals surface area contributed by atoms with E-state index >= 15 is 0 Å². The van der Waals surface area contributed by atoms with E-state index in [2.05, 4.69) is 25.6 Å². The molecular weight excluding hydrogens is 466 g/mol. The molecule has 11 heteroatoms. The summed E-state index contributed by atoms with van der Waals surface area (Å²) in [6.45, 7) is 2.72. The minimum Gasteiger partial charge on any atom is -1.00 e. The number of fused-ring (bicyclic) bond motifs is 1. The summed E-state index contributed by atoms with van der Waals surface area (Å²) in [6, 6.07) is 21.4. The summed E-state index contributed by atoms with van der Waals surface area (Å²) in [4.78, 5) is 16.3. The first-order chi connectivity index (χ1) is 16.2. The number of aromatic nitrogens is 6. The van der Waals surface area contributed by atoms with E-state index in [0.717, 1.165) is 22.3 Å². The molecule has 0 saturated carbocycles. The Morgan fingerprint density at radius 2 is 1.77 bits per heavy atom. The van der Waals surface area contributed by atoms with Crippen LogP contribution in [-0.2, 0) is 6.54 Å². The van der Waals surface area contributed by atoms with E-state index in [1.165, 1.54) is 0 Å².